The van der Waals surface area contributed by atoms with E-state index in [1.54, 1.807) is 11.8 Å². The van der Waals surface area contributed by atoms with Crippen molar-refractivity contribution < 1.29 is 4.79 Å². The molecule has 0 aliphatic carbocycles. The maximum atomic E-state index is 12.9. The molecule has 1 aliphatic rings. The third-order valence-electron chi connectivity index (χ3n) is 6.48. The normalized spacial score (nSPS) is 15.5. The fourth-order valence-corrected chi connectivity index (χ4v) is 5.41. The first kappa shape index (κ1) is 24.8. The van der Waals surface area contributed by atoms with E-state index in [1.165, 1.54) is 11.1 Å². The van der Waals surface area contributed by atoms with E-state index in [-0.39, 0.29) is 5.91 Å². The van der Waals surface area contributed by atoms with E-state index in [4.69, 9.17) is 0 Å². The molecule has 2 N–H and O–H groups in total. The third-order valence-corrected chi connectivity index (χ3v) is 7.34. The number of thioether (sulfide) groups is 1. The average Bonchev–Trinajstić information content (AvgIpc) is 3.23. The Balaban J connectivity index is 1.23. The number of rotatable bonds is 9. The molecule has 0 spiro atoms. The predicted molar refractivity (Wildman–Crippen MR) is 143 cm³/mol. The second-order valence-corrected chi connectivity index (χ2v) is 10.8. The second-order valence-electron chi connectivity index (χ2n) is 9.69. The zero-order valence-electron chi connectivity index (χ0n) is 20.8. The fourth-order valence-electron chi connectivity index (χ4n) is 4.52. The summed E-state index contributed by atoms with van der Waals surface area (Å²) < 4.78 is 0. The quantitative estimate of drug-likeness (QED) is 0.415. The number of fused-ring (bicyclic) bond motifs is 1. The summed E-state index contributed by atoms with van der Waals surface area (Å²) >= 11 is 1.77. The van der Waals surface area contributed by atoms with Gasteiger partial charge >= 0.3 is 0 Å². The summed E-state index contributed by atoms with van der Waals surface area (Å²) in [5.74, 6) is 1.83. The molecule has 1 aromatic heterocycles. The van der Waals surface area contributed by atoms with Gasteiger partial charge < -0.3 is 10.3 Å². The van der Waals surface area contributed by atoms with Crippen molar-refractivity contribution in [3.63, 3.8) is 0 Å². The highest BCUT2D eigenvalue weighted by molar-refractivity contribution is 7.99. The molecule has 1 fully saturated rings. The average molecular weight is 480 g/mol. The lowest BCUT2D eigenvalue weighted by Gasteiger charge is -2.34. The number of nitrogens with one attached hydrogen (secondary N) is 2. The van der Waals surface area contributed by atoms with E-state index >= 15 is 0 Å². The monoisotopic (exact) mass is 479 g/mol. The molecule has 0 bridgehead atoms. The van der Waals surface area contributed by atoms with Crippen LogP contribution in [0.3, 0.4) is 0 Å². The van der Waals surface area contributed by atoms with E-state index in [0.29, 0.717) is 18.4 Å². The minimum atomic E-state index is 0.0869. The molecular weight excluding hydrogens is 442 g/mol. The first-order chi connectivity index (χ1) is 16.4. The van der Waals surface area contributed by atoms with Gasteiger partial charge in [-0.05, 0) is 35.1 Å². The van der Waals surface area contributed by atoms with Crippen molar-refractivity contribution in [1.29, 1.82) is 0 Å². The van der Waals surface area contributed by atoms with Crippen LogP contribution in [0.25, 0.3) is 11.0 Å². The highest BCUT2D eigenvalue weighted by Gasteiger charge is 2.21. The van der Waals surface area contributed by atoms with Crippen LogP contribution in [0.4, 0.5) is 5.69 Å². The van der Waals surface area contributed by atoms with E-state index in [2.05, 4.69) is 77.0 Å². The summed E-state index contributed by atoms with van der Waals surface area (Å²) in [4.78, 5) is 25.7. The van der Waals surface area contributed by atoms with Gasteiger partial charge in [0.05, 0.1) is 17.6 Å². The minimum Gasteiger partial charge on any atom is -0.333 e. The largest absolute Gasteiger partial charge is 0.333 e. The first-order valence-electron chi connectivity index (χ1n) is 12.4. The van der Waals surface area contributed by atoms with Crippen LogP contribution in [0.2, 0.25) is 0 Å². The molecule has 34 heavy (non-hydrogen) atoms. The van der Waals surface area contributed by atoms with Gasteiger partial charge in [-0.25, -0.2) is 4.98 Å². The number of piperazine rings is 1. The lowest BCUT2D eigenvalue weighted by molar-refractivity contribution is -0.117. The third kappa shape index (κ3) is 6.20. The SMILES string of the molecule is CC(C)c1cccc(C(C)C)c1NC(=O)CN1CCN(CCSc2nc3ccccc3[nH]2)CC1. The number of carbonyl (C=O) groups is 1. The van der Waals surface area contributed by atoms with Crippen molar-refractivity contribution in [2.24, 2.45) is 0 Å². The topological polar surface area (TPSA) is 64.3 Å². The standard InChI is InChI=1S/C27H37N5OS/c1-19(2)21-8-7-9-22(20(3)4)26(21)30-25(33)18-32-14-12-31(13-15-32)16-17-34-27-28-23-10-5-6-11-24(23)29-27/h5-11,19-20H,12-18H2,1-4H3,(H,28,29)(H,30,33). The molecule has 1 aliphatic heterocycles. The van der Waals surface area contributed by atoms with Gasteiger partial charge in [-0.15, -0.1) is 0 Å². The Labute approximate surface area is 207 Å². The van der Waals surface area contributed by atoms with Gasteiger partial charge in [0.2, 0.25) is 5.91 Å². The molecule has 0 saturated carbocycles. The van der Waals surface area contributed by atoms with Crippen LogP contribution in [-0.2, 0) is 4.79 Å². The van der Waals surface area contributed by atoms with Gasteiger partial charge in [0.25, 0.3) is 0 Å². The zero-order valence-corrected chi connectivity index (χ0v) is 21.6. The van der Waals surface area contributed by atoms with Gasteiger partial charge in [-0.3, -0.25) is 14.6 Å². The maximum absolute atomic E-state index is 12.9. The Kier molecular flexibility index (Phi) is 8.29. The first-order valence-corrected chi connectivity index (χ1v) is 13.3. The zero-order chi connectivity index (χ0) is 24.1. The lowest BCUT2D eigenvalue weighted by atomic mass is 9.92. The molecule has 4 rings (SSSR count). The summed E-state index contributed by atoms with van der Waals surface area (Å²) in [7, 11) is 0. The number of para-hydroxylation sites is 3. The van der Waals surface area contributed by atoms with Crippen LogP contribution in [0.1, 0.15) is 50.7 Å². The smallest absolute Gasteiger partial charge is 0.238 e. The molecule has 2 aromatic carbocycles. The van der Waals surface area contributed by atoms with E-state index < -0.39 is 0 Å². The Bertz CT molecular complexity index is 1040. The van der Waals surface area contributed by atoms with Crippen LogP contribution in [-0.4, -0.2) is 70.7 Å². The summed E-state index contributed by atoms with van der Waals surface area (Å²) in [6, 6.07) is 14.5. The predicted octanol–water partition coefficient (Wildman–Crippen LogP) is 5.16. The van der Waals surface area contributed by atoms with Crippen molar-refractivity contribution >= 4 is 34.4 Å². The number of amides is 1. The summed E-state index contributed by atoms with van der Waals surface area (Å²) in [6.45, 7) is 14.0. The maximum Gasteiger partial charge on any atom is 0.238 e. The Morgan fingerprint density at radius 1 is 0.971 bits per heavy atom. The number of hydrogen-bond acceptors (Lipinski definition) is 5. The van der Waals surface area contributed by atoms with Crippen molar-refractivity contribution in [3.8, 4) is 0 Å². The lowest BCUT2D eigenvalue weighted by Crippen LogP contribution is -2.49. The molecule has 1 amide bonds. The van der Waals surface area contributed by atoms with Gasteiger partial charge in [-0.1, -0.05) is 69.8 Å². The van der Waals surface area contributed by atoms with Gasteiger partial charge in [0.15, 0.2) is 5.16 Å². The molecule has 2 heterocycles. The molecule has 0 unspecified atom stereocenters. The number of H-pyrrole nitrogens is 1. The van der Waals surface area contributed by atoms with Gasteiger partial charge in [0.1, 0.15) is 0 Å². The van der Waals surface area contributed by atoms with Crippen molar-refractivity contribution in [1.82, 2.24) is 19.8 Å². The number of carbonyl (C=O) groups excluding carboxylic acids is 1. The number of anilines is 1. The van der Waals surface area contributed by atoms with Crippen molar-refractivity contribution in [2.45, 2.75) is 44.7 Å². The van der Waals surface area contributed by atoms with Gasteiger partial charge in [0, 0.05) is 44.2 Å². The van der Waals surface area contributed by atoms with E-state index in [0.717, 1.165) is 60.4 Å². The highest BCUT2D eigenvalue weighted by Crippen LogP contribution is 2.32. The number of hydrogen-bond donors (Lipinski definition) is 2. The summed E-state index contributed by atoms with van der Waals surface area (Å²) in [6.07, 6.45) is 0. The van der Waals surface area contributed by atoms with Crippen LogP contribution < -0.4 is 5.32 Å². The minimum absolute atomic E-state index is 0.0869. The Hall–Kier alpha value is -2.35. The molecule has 0 radical (unpaired) electrons. The molecule has 7 heteroatoms. The van der Waals surface area contributed by atoms with Crippen molar-refractivity contribution in [2.75, 3.05) is 50.3 Å². The number of aromatic amines is 1. The van der Waals surface area contributed by atoms with E-state index in [9.17, 15) is 4.79 Å². The Morgan fingerprint density at radius 3 is 2.26 bits per heavy atom. The second kappa shape index (κ2) is 11.4. The molecule has 182 valence electrons. The van der Waals surface area contributed by atoms with Crippen LogP contribution >= 0.6 is 11.8 Å². The fraction of sp³-hybridized carbons (Fsp3) is 0.481. The van der Waals surface area contributed by atoms with Gasteiger partial charge in [-0.2, -0.15) is 0 Å². The van der Waals surface area contributed by atoms with Crippen LogP contribution in [0, 0.1) is 0 Å². The number of imidazole rings is 1. The van der Waals surface area contributed by atoms with E-state index in [1.807, 2.05) is 18.2 Å². The molecular formula is C27H37N5OS. The summed E-state index contributed by atoms with van der Waals surface area (Å²) in [5, 5.41) is 4.24. The molecule has 6 nitrogen and oxygen atoms in total. The van der Waals surface area contributed by atoms with Crippen LogP contribution in [0.5, 0.6) is 0 Å². The van der Waals surface area contributed by atoms with Crippen molar-refractivity contribution in [3.05, 3.63) is 53.6 Å². The molecule has 0 atom stereocenters. The molecule has 3 aromatic rings. The van der Waals surface area contributed by atoms with Crippen LogP contribution in [0.15, 0.2) is 47.6 Å². The Morgan fingerprint density at radius 2 is 1.62 bits per heavy atom. The summed E-state index contributed by atoms with van der Waals surface area (Å²) in [5.41, 5.74) is 5.55. The number of aromatic nitrogens is 2. The molecule has 1 saturated heterocycles. The highest BCUT2D eigenvalue weighted by atomic mass is 32.2. The number of nitrogens with zero attached hydrogens (tertiary/aromatic N) is 3. The number of benzene rings is 2.